The molecular formula is C64H44N4. The number of fused-ring (bicyclic) bond motifs is 6. The number of para-hydroxylation sites is 4. The standard InChI is InChI=1S/C64H44N4/c1-2-15-43(16-3-1)48-17-12-18-49(39-48)44-31-35-46(36-32-44)58-42-59(66-64(65-58)51-20-14-22-53(41-51)68-62-29-10-6-25-56(62)57-26-7-11-30-63(57)68)47-37-33-45(34-38-47)50-19-13-21-52(40-50)67-60-27-8-4-23-54(60)55-24-5-9-28-61(55)67/h1-42,58H,(H,65,66). The lowest BCUT2D eigenvalue weighted by Gasteiger charge is -2.25. The largest absolute Gasteiger partial charge is 0.359 e. The highest BCUT2D eigenvalue weighted by molar-refractivity contribution is 6.11. The van der Waals surface area contributed by atoms with Crippen molar-refractivity contribution in [2.24, 2.45) is 4.99 Å². The van der Waals surface area contributed by atoms with Crippen LogP contribution in [0, 0.1) is 0 Å². The number of rotatable bonds is 8. The molecule has 0 fully saturated rings. The molecule has 0 saturated carbocycles. The molecule has 4 heteroatoms. The lowest BCUT2D eigenvalue weighted by Crippen LogP contribution is -2.31. The number of benzene rings is 10. The summed E-state index contributed by atoms with van der Waals surface area (Å²) in [5.74, 6) is 0.831. The quantitative estimate of drug-likeness (QED) is 0.162. The summed E-state index contributed by atoms with van der Waals surface area (Å²) in [6.45, 7) is 0. The van der Waals surface area contributed by atoms with E-state index in [2.05, 4.69) is 269 Å². The van der Waals surface area contributed by atoms with Gasteiger partial charge in [0, 0.05) is 38.5 Å². The molecule has 0 spiro atoms. The molecule has 0 amide bonds. The second kappa shape index (κ2) is 16.5. The van der Waals surface area contributed by atoms with Gasteiger partial charge >= 0.3 is 0 Å². The summed E-state index contributed by atoms with van der Waals surface area (Å²) in [6, 6.07) is 89.5. The van der Waals surface area contributed by atoms with Crippen LogP contribution in [-0.4, -0.2) is 15.0 Å². The van der Waals surface area contributed by atoms with Crippen LogP contribution in [0.5, 0.6) is 0 Å². The zero-order valence-electron chi connectivity index (χ0n) is 37.2. The van der Waals surface area contributed by atoms with Gasteiger partial charge in [-0.25, -0.2) is 4.99 Å². The molecule has 13 rings (SSSR count). The minimum absolute atomic E-state index is 0.123. The third-order valence-electron chi connectivity index (χ3n) is 13.6. The molecule has 1 unspecified atom stereocenters. The third-order valence-corrected chi connectivity index (χ3v) is 13.6. The molecule has 0 bridgehead atoms. The predicted molar refractivity (Wildman–Crippen MR) is 285 cm³/mol. The highest BCUT2D eigenvalue weighted by Crippen LogP contribution is 2.37. The van der Waals surface area contributed by atoms with Gasteiger partial charge in [-0.3, -0.25) is 0 Å². The van der Waals surface area contributed by atoms with Crippen molar-refractivity contribution in [3.8, 4) is 44.8 Å². The van der Waals surface area contributed by atoms with Crippen molar-refractivity contribution in [3.63, 3.8) is 0 Å². The van der Waals surface area contributed by atoms with E-state index in [4.69, 9.17) is 4.99 Å². The van der Waals surface area contributed by atoms with Crippen LogP contribution in [0.25, 0.3) is 94.1 Å². The molecule has 1 aliphatic rings. The molecule has 10 aromatic carbocycles. The van der Waals surface area contributed by atoms with Crippen molar-refractivity contribution in [2.75, 3.05) is 0 Å². The maximum atomic E-state index is 5.41. The Morgan fingerprint density at radius 2 is 0.691 bits per heavy atom. The Hall–Kier alpha value is -8.99. The molecule has 1 N–H and O–H groups in total. The van der Waals surface area contributed by atoms with Crippen LogP contribution in [-0.2, 0) is 0 Å². The van der Waals surface area contributed by atoms with Crippen LogP contribution < -0.4 is 5.32 Å². The first-order valence-electron chi connectivity index (χ1n) is 23.3. The topological polar surface area (TPSA) is 34.2 Å². The monoisotopic (exact) mass is 868 g/mol. The van der Waals surface area contributed by atoms with Crippen molar-refractivity contribution in [1.29, 1.82) is 0 Å². The Morgan fingerprint density at radius 3 is 1.22 bits per heavy atom. The minimum atomic E-state index is -0.123. The third kappa shape index (κ3) is 6.90. The minimum Gasteiger partial charge on any atom is -0.359 e. The van der Waals surface area contributed by atoms with Gasteiger partial charge in [0.05, 0.1) is 33.8 Å². The maximum Gasteiger partial charge on any atom is 0.134 e. The number of hydrogen-bond donors (Lipinski definition) is 1. The average Bonchev–Trinajstić information content (AvgIpc) is 3.94. The second-order valence-corrected chi connectivity index (χ2v) is 17.6. The van der Waals surface area contributed by atoms with Crippen molar-refractivity contribution >= 4 is 55.1 Å². The van der Waals surface area contributed by atoms with Crippen LogP contribution in [0.4, 0.5) is 0 Å². The zero-order chi connectivity index (χ0) is 45.0. The van der Waals surface area contributed by atoms with Crippen LogP contribution in [0.3, 0.4) is 0 Å². The van der Waals surface area contributed by atoms with Crippen LogP contribution >= 0.6 is 0 Å². The first kappa shape index (κ1) is 39.4. The van der Waals surface area contributed by atoms with Gasteiger partial charge in [-0.05, 0) is 105 Å². The Balaban J connectivity index is 0.875. The fourth-order valence-corrected chi connectivity index (χ4v) is 10.3. The summed E-state index contributed by atoms with van der Waals surface area (Å²) in [7, 11) is 0. The predicted octanol–water partition coefficient (Wildman–Crippen LogP) is 16.0. The first-order chi connectivity index (χ1) is 33.7. The summed E-state index contributed by atoms with van der Waals surface area (Å²) in [5, 5.41) is 8.86. The molecule has 0 saturated heterocycles. The Bertz CT molecular complexity index is 3820. The molecule has 3 heterocycles. The molecule has 2 aromatic heterocycles. The van der Waals surface area contributed by atoms with Gasteiger partial charge in [0.15, 0.2) is 0 Å². The molecule has 320 valence electrons. The average molecular weight is 869 g/mol. The summed E-state index contributed by atoms with van der Waals surface area (Å²) < 4.78 is 4.75. The van der Waals surface area contributed by atoms with E-state index < -0.39 is 0 Å². The van der Waals surface area contributed by atoms with E-state index in [0.29, 0.717) is 0 Å². The Labute approximate surface area is 395 Å². The molecule has 1 aliphatic heterocycles. The molecule has 12 aromatic rings. The van der Waals surface area contributed by atoms with Crippen molar-refractivity contribution in [1.82, 2.24) is 14.5 Å². The highest BCUT2D eigenvalue weighted by atomic mass is 15.1. The number of aromatic nitrogens is 2. The van der Waals surface area contributed by atoms with E-state index in [9.17, 15) is 0 Å². The smallest absolute Gasteiger partial charge is 0.134 e. The van der Waals surface area contributed by atoms with E-state index in [1.54, 1.807) is 0 Å². The molecule has 68 heavy (non-hydrogen) atoms. The second-order valence-electron chi connectivity index (χ2n) is 17.6. The SMILES string of the molecule is C1=C(c2ccc(-c3cccc(-n4c5ccccc5c5ccccc54)c3)cc2)N=C(c2cccc(-n3c4ccccc4c4ccccc43)c2)NC1c1ccc(-c2cccc(-c3ccccc3)c2)cc1. The van der Waals surface area contributed by atoms with E-state index >= 15 is 0 Å². The highest BCUT2D eigenvalue weighted by Gasteiger charge is 2.22. The van der Waals surface area contributed by atoms with Crippen LogP contribution in [0.1, 0.15) is 22.7 Å². The number of nitrogens with zero attached hydrogens (tertiary/aromatic N) is 3. The van der Waals surface area contributed by atoms with E-state index in [1.807, 2.05) is 0 Å². The van der Waals surface area contributed by atoms with Crippen molar-refractivity contribution in [3.05, 3.63) is 271 Å². The number of nitrogens with one attached hydrogen (secondary N) is 1. The van der Waals surface area contributed by atoms with Gasteiger partial charge in [-0.2, -0.15) is 0 Å². The van der Waals surface area contributed by atoms with Crippen molar-refractivity contribution < 1.29 is 0 Å². The van der Waals surface area contributed by atoms with Crippen molar-refractivity contribution in [2.45, 2.75) is 6.04 Å². The lowest BCUT2D eigenvalue weighted by atomic mass is 9.95. The zero-order valence-corrected chi connectivity index (χ0v) is 37.2. The van der Waals surface area contributed by atoms with Crippen LogP contribution in [0.2, 0.25) is 0 Å². The fraction of sp³-hybridized carbons (Fsp3) is 0.0156. The Kier molecular flexibility index (Phi) is 9.54. The molecule has 1 atom stereocenters. The van der Waals surface area contributed by atoms with E-state index in [1.165, 1.54) is 65.9 Å². The van der Waals surface area contributed by atoms with Gasteiger partial charge in [-0.15, -0.1) is 0 Å². The number of amidine groups is 1. The molecule has 0 aliphatic carbocycles. The molecule has 4 nitrogen and oxygen atoms in total. The number of hydrogen-bond acceptors (Lipinski definition) is 2. The molecule has 0 radical (unpaired) electrons. The molecular weight excluding hydrogens is 825 g/mol. The number of aliphatic imine (C=N–C) groups is 1. The summed E-state index contributed by atoms with van der Waals surface area (Å²) in [5.41, 5.74) is 18.3. The van der Waals surface area contributed by atoms with E-state index in [0.717, 1.165) is 50.7 Å². The summed E-state index contributed by atoms with van der Waals surface area (Å²) >= 11 is 0. The van der Waals surface area contributed by atoms with E-state index in [-0.39, 0.29) is 6.04 Å². The van der Waals surface area contributed by atoms with Gasteiger partial charge in [0.25, 0.3) is 0 Å². The Morgan fingerprint density at radius 1 is 0.309 bits per heavy atom. The van der Waals surface area contributed by atoms with Gasteiger partial charge < -0.3 is 14.5 Å². The first-order valence-corrected chi connectivity index (χ1v) is 23.3. The summed E-state index contributed by atoms with van der Waals surface area (Å²) in [4.78, 5) is 5.41. The maximum absolute atomic E-state index is 5.41. The van der Waals surface area contributed by atoms with Crippen LogP contribution in [0.15, 0.2) is 260 Å². The summed E-state index contributed by atoms with van der Waals surface area (Å²) in [6.07, 6.45) is 2.27. The van der Waals surface area contributed by atoms with Gasteiger partial charge in [0.2, 0.25) is 0 Å². The van der Waals surface area contributed by atoms with Gasteiger partial charge in [0.1, 0.15) is 5.84 Å². The van der Waals surface area contributed by atoms with Gasteiger partial charge in [-0.1, -0.05) is 194 Å². The normalized spacial score (nSPS) is 13.7. The lowest BCUT2D eigenvalue weighted by molar-refractivity contribution is 0.781. The fourth-order valence-electron chi connectivity index (χ4n) is 10.3.